The molecule has 0 saturated heterocycles. The van der Waals surface area contributed by atoms with Crippen LogP contribution in [0.15, 0.2) is 6.07 Å². The summed E-state index contributed by atoms with van der Waals surface area (Å²) < 4.78 is 30.8. The van der Waals surface area contributed by atoms with Crippen LogP contribution >= 0.6 is 11.6 Å². The molecule has 0 N–H and O–H groups in total. The summed E-state index contributed by atoms with van der Waals surface area (Å²) in [6.45, 7) is 0. The highest BCUT2D eigenvalue weighted by atomic mass is 35.5. The highest BCUT2D eigenvalue weighted by molar-refractivity contribution is 6.28. The van der Waals surface area contributed by atoms with Gasteiger partial charge in [-0.1, -0.05) is 0 Å². The van der Waals surface area contributed by atoms with E-state index in [9.17, 15) is 13.6 Å². The van der Waals surface area contributed by atoms with E-state index < -0.39 is 11.9 Å². The SMILES string of the molecule is COC(=O)c1cc(CC2CCC(F)(F)CC2)nc(Cl)n1. The first-order valence-corrected chi connectivity index (χ1v) is 6.77. The number of hydrogen-bond donors (Lipinski definition) is 0. The van der Waals surface area contributed by atoms with Crippen LogP contribution in [0.5, 0.6) is 0 Å². The van der Waals surface area contributed by atoms with Crippen molar-refractivity contribution in [2.45, 2.75) is 38.0 Å². The number of methoxy groups -OCH3 is 1. The quantitative estimate of drug-likeness (QED) is 0.635. The van der Waals surface area contributed by atoms with Gasteiger partial charge in [0.1, 0.15) is 0 Å². The first-order chi connectivity index (χ1) is 9.39. The Bertz CT molecular complexity index is 501. The van der Waals surface area contributed by atoms with Gasteiger partial charge in [-0.05, 0) is 42.8 Å². The molecule has 1 aliphatic carbocycles. The van der Waals surface area contributed by atoms with E-state index in [1.807, 2.05) is 0 Å². The van der Waals surface area contributed by atoms with E-state index in [0.717, 1.165) is 0 Å². The summed E-state index contributed by atoms with van der Waals surface area (Å²) in [5, 5.41) is -0.0379. The number of aromatic nitrogens is 2. The molecule has 0 amide bonds. The second-order valence-corrected chi connectivity index (χ2v) is 5.35. The van der Waals surface area contributed by atoms with Crippen LogP contribution in [0.3, 0.4) is 0 Å². The summed E-state index contributed by atoms with van der Waals surface area (Å²) in [4.78, 5) is 19.2. The lowest BCUT2D eigenvalue weighted by Crippen LogP contribution is -2.25. The number of hydrogen-bond acceptors (Lipinski definition) is 4. The predicted molar refractivity (Wildman–Crippen MR) is 69.0 cm³/mol. The van der Waals surface area contributed by atoms with Gasteiger partial charge in [-0.2, -0.15) is 0 Å². The highest BCUT2D eigenvalue weighted by Crippen LogP contribution is 2.37. The van der Waals surface area contributed by atoms with Crippen LogP contribution in [0.4, 0.5) is 8.78 Å². The lowest BCUT2D eigenvalue weighted by atomic mass is 9.84. The minimum atomic E-state index is -2.54. The van der Waals surface area contributed by atoms with E-state index in [0.29, 0.717) is 25.0 Å². The number of nitrogens with zero attached hydrogens (tertiary/aromatic N) is 2. The van der Waals surface area contributed by atoms with Gasteiger partial charge in [0.25, 0.3) is 0 Å². The van der Waals surface area contributed by atoms with Gasteiger partial charge in [0.05, 0.1) is 7.11 Å². The maximum Gasteiger partial charge on any atom is 0.356 e. The normalized spacial score (nSPS) is 18.8. The van der Waals surface area contributed by atoms with E-state index in [-0.39, 0.29) is 29.7 Å². The van der Waals surface area contributed by atoms with E-state index in [1.54, 1.807) is 0 Å². The monoisotopic (exact) mass is 304 g/mol. The van der Waals surface area contributed by atoms with Gasteiger partial charge in [0, 0.05) is 18.5 Å². The number of halogens is 3. The van der Waals surface area contributed by atoms with Crippen molar-refractivity contribution in [1.29, 1.82) is 0 Å². The second-order valence-electron chi connectivity index (χ2n) is 5.01. The Morgan fingerprint density at radius 1 is 1.45 bits per heavy atom. The summed E-state index contributed by atoms with van der Waals surface area (Å²) in [6, 6.07) is 1.50. The molecule has 4 nitrogen and oxygen atoms in total. The standard InChI is InChI=1S/C13H15ClF2N2O2/c1-20-11(19)10-7-9(17-12(14)18-10)6-8-2-4-13(15,16)5-3-8/h7-8H,2-6H2,1H3. The summed E-state index contributed by atoms with van der Waals surface area (Å²) >= 11 is 5.76. The molecule has 1 aromatic heterocycles. The maximum atomic E-state index is 13.1. The highest BCUT2D eigenvalue weighted by Gasteiger charge is 2.35. The van der Waals surface area contributed by atoms with Gasteiger partial charge < -0.3 is 4.74 Å². The fourth-order valence-electron chi connectivity index (χ4n) is 2.38. The van der Waals surface area contributed by atoms with Gasteiger partial charge in [-0.25, -0.2) is 23.5 Å². The Balaban J connectivity index is 2.06. The molecular weight excluding hydrogens is 290 g/mol. The first-order valence-electron chi connectivity index (χ1n) is 6.39. The topological polar surface area (TPSA) is 52.1 Å². The number of ether oxygens (including phenoxy) is 1. The van der Waals surface area contributed by atoms with Crippen LogP contribution in [0.2, 0.25) is 5.28 Å². The lowest BCUT2D eigenvalue weighted by molar-refractivity contribution is -0.0457. The Morgan fingerprint density at radius 2 is 2.10 bits per heavy atom. The first kappa shape index (κ1) is 15.1. The zero-order valence-electron chi connectivity index (χ0n) is 11.0. The Labute approximate surface area is 120 Å². The Morgan fingerprint density at radius 3 is 2.70 bits per heavy atom. The minimum Gasteiger partial charge on any atom is -0.464 e. The fourth-order valence-corrected chi connectivity index (χ4v) is 2.58. The van der Waals surface area contributed by atoms with Crippen LogP contribution in [-0.2, 0) is 11.2 Å². The van der Waals surface area contributed by atoms with Gasteiger partial charge in [0.2, 0.25) is 11.2 Å². The van der Waals surface area contributed by atoms with E-state index in [1.165, 1.54) is 13.2 Å². The molecule has 0 unspecified atom stereocenters. The van der Waals surface area contributed by atoms with Crippen LogP contribution < -0.4 is 0 Å². The molecule has 0 radical (unpaired) electrons. The maximum absolute atomic E-state index is 13.1. The summed E-state index contributed by atoms with van der Waals surface area (Å²) in [5.74, 6) is -3.01. The fraction of sp³-hybridized carbons (Fsp3) is 0.615. The van der Waals surface area contributed by atoms with Crippen molar-refractivity contribution in [3.63, 3.8) is 0 Å². The Hall–Kier alpha value is -1.30. The van der Waals surface area contributed by atoms with Crippen molar-refractivity contribution in [3.05, 3.63) is 22.7 Å². The van der Waals surface area contributed by atoms with Crippen LogP contribution in [0.1, 0.15) is 41.9 Å². The smallest absolute Gasteiger partial charge is 0.356 e. The molecule has 1 aliphatic rings. The number of alkyl halides is 2. The average molecular weight is 305 g/mol. The third kappa shape index (κ3) is 3.85. The molecule has 110 valence electrons. The minimum absolute atomic E-state index is 0.0379. The molecule has 1 aromatic rings. The summed E-state index contributed by atoms with van der Waals surface area (Å²) in [5.41, 5.74) is 0.671. The summed E-state index contributed by atoms with van der Waals surface area (Å²) in [7, 11) is 1.25. The molecule has 2 rings (SSSR count). The zero-order valence-corrected chi connectivity index (χ0v) is 11.8. The predicted octanol–water partition coefficient (Wildman–Crippen LogP) is 3.28. The Kier molecular flexibility index (Phi) is 4.52. The van der Waals surface area contributed by atoms with Gasteiger partial charge in [-0.15, -0.1) is 0 Å². The average Bonchev–Trinajstić information content (AvgIpc) is 2.39. The second kappa shape index (κ2) is 5.99. The molecule has 20 heavy (non-hydrogen) atoms. The van der Waals surface area contributed by atoms with Crippen LogP contribution in [0.25, 0.3) is 0 Å². The molecule has 0 bridgehead atoms. The van der Waals surface area contributed by atoms with Gasteiger partial charge in [-0.3, -0.25) is 0 Å². The van der Waals surface area contributed by atoms with Crippen molar-refractivity contribution < 1.29 is 18.3 Å². The van der Waals surface area contributed by atoms with Crippen molar-refractivity contribution >= 4 is 17.6 Å². The number of rotatable bonds is 3. The van der Waals surface area contributed by atoms with Crippen molar-refractivity contribution in [3.8, 4) is 0 Å². The van der Waals surface area contributed by atoms with E-state index >= 15 is 0 Å². The third-order valence-corrected chi connectivity index (χ3v) is 3.65. The van der Waals surface area contributed by atoms with Gasteiger partial charge >= 0.3 is 5.97 Å². The van der Waals surface area contributed by atoms with E-state index in [2.05, 4.69) is 14.7 Å². The third-order valence-electron chi connectivity index (χ3n) is 3.48. The summed E-state index contributed by atoms with van der Waals surface area (Å²) in [6.07, 6.45) is 1.22. The van der Waals surface area contributed by atoms with Crippen molar-refractivity contribution in [2.24, 2.45) is 5.92 Å². The molecular formula is C13H15ClF2N2O2. The van der Waals surface area contributed by atoms with Crippen LogP contribution in [0, 0.1) is 5.92 Å². The number of esters is 1. The molecule has 0 atom stereocenters. The van der Waals surface area contributed by atoms with Crippen molar-refractivity contribution in [2.75, 3.05) is 7.11 Å². The largest absolute Gasteiger partial charge is 0.464 e. The van der Waals surface area contributed by atoms with Crippen LogP contribution in [-0.4, -0.2) is 29.0 Å². The molecule has 1 fully saturated rings. The van der Waals surface area contributed by atoms with E-state index in [4.69, 9.17) is 11.6 Å². The molecule has 1 saturated carbocycles. The molecule has 0 aliphatic heterocycles. The van der Waals surface area contributed by atoms with Gasteiger partial charge in [0.15, 0.2) is 5.69 Å². The molecule has 7 heteroatoms. The lowest BCUT2D eigenvalue weighted by Gasteiger charge is -2.28. The number of carbonyl (C=O) groups excluding carboxylic acids is 1. The van der Waals surface area contributed by atoms with Crippen molar-refractivity contribution in [1.82, 2.24) is 9.97 Å². The molecule has 1 heterocycles. The molecule has 0 spiro atoms. The zero-order chi connectivity index (χ0) is 14.8. The molecule has 0 aromatic carbocycles. The number of carbonyl (C=O) groups is 1.